The number of carbonyl (C=O) groups excluding carboxylic acids is 1. The molecule has 0 aliphatic carbocycles. The number of fused-ring (bicyclic) bond motifs is 4. The number of piperidine rings is 1. The van der Waals surface area contributed by atoms with Gasteiger partial charge in [-0.25, -0.2) is 4.98 Å². The highest BCUT2D eigenvalue weighted by Crippen LogP contribution is 2.30. The second kappa shape index (κ2) is 7.76. The van der Waals surface area contributed by atoms with Crippen molar-refractivity contribution in [2.24, 2.45) is 5.92 Å². The molecule has 2 bridgehead atoms. The summed E-state index contributed by atoms with van der Waals surface area (Å²) < 4.78 is 5.41. The normalized spacial score (nSPS) is 23.0. The maximum absolute atomic E-state index is 13.0. The Kier molecular flexibility index (Phi) is 5.22. The second-order valence-corrected chi connectivity index (χ2v) is 8.02. The van der Waals surface area contributed by atoms with Gasteiger partial charge >= 0.3 is 0 Å². The van der Waals surface area contributed by atoms with Crippen LogP contribution in [0.1, 0.15) is 24.1 Å². The Hall–Kier alpha value is -1.92. The molecule has 1 aromatic heterocycles. The summed E-state index contributed by atoms with van der Waals surface area (Å²) >= 11 is 1.65. The zero-order valence-electron chi connectivity index (χ0n) is 15.1. The second-order valence-electron chi connectivity index (χ2n) is 7.31. The Labute approximate surface area is 158 Å². The van der Waals surface area contributed by atoms with Crippen LogP contribution in [-0.4, -0.2) is 53.5 Å². The van der Waals surface area contributed by atoms with E-state index in [0.29, 0.717) is 18.4 Å². The van der Waals surface area contributed by atoms with Crippen molar-refractivity contribution in [1.82, 2.24) is 14.8 Å². The zero-order chi connectivity index (χ0) is 17.9. The largest absolute Gasteiger partial charge is 0.496 e. The fraction of sp³-hybridized carbons (Fsp3) is 0.500. The molecule has 3 aliphatic rings. The summed E-state index contributed by atoms with van der Waals surface area (Å²) in [6.45, 7) is 3.79. The van der Waals surface area contributed by atoms with Crippen molar-refractivity contribution >= 4 is 17.2 Å². The highest BCUT2D eigenvalue weighted by Gasteiger charge is 2.37. The fourth-order valence-electron chi connectivity index (χ4n) is 4.27. The molecule has 0 radical (unpaired) electrons. The van der Waals surface area contributed by atoms with E-state index in [1.165, 1.54) is 6.42 Å². The molecule has 5 rings (SSSR count). The lowest BCUT2D eigenvalue weighted by Gasteiger charge is -2.36. The van der Waals surface area contributed by atoms with Crippen LogP contribution in [0.2, 0.25) is 0 Å². The van der Waals surface area contributed by atoms with Gasteiger partial charge in [-0.2, -0.15) is 0 Å². The van der Waals surface area contributed by atoms with Crippen molar-refractivity contribution in [1.29, 1.82) is 0 Å². The van der Waals surface area contributed by atoms with Gasteiger partial charge in [0.05, 0.1) is 24.7 Å². The van der Waals surface area contributed by atoms with Gasteiger partial charge in [0.1, 0.15) is 5.75 Å². The van der Waals surface area contributed by atoms with Crippen LogP contribution in [0.25, 0.3) is 0 Å². The summed E-state index contributed by atoms with van der Waals surface area (Å²) in [4.78, 5) is 22.1. The van der Waals surface area contributed by atoms with Crippen LogP contribution in [0.5, 0.6) is 5.75 Å². The molecule has 3 saturated heterocycles. The Bertz CT molecular complexity index is 749. The number of rotatable bonds is 5. The Morgan fingerprint density at radius 3 is 2.96 bits per heavy atom. The van der Waals surface area contributed by atoms with Crippen molar-refractivity contribution in [3.8, 4) is 5.75 Å². The minimum Gasteiger partial charge on any atom is -0.496 e. The lowest BCUT2D eigenvalue weighted by molar-refractivity contribution is -0.134. The van der Waals surface area contributed by atoms with E-state index in [4.69, 9.17) is 4.74 Å². The third-order valence-electron chi connectivity index (χ3n) is 5.51. The van der Waals surface area contributed by atoms with E-state index in [-0.39, 0.29) is 5.91 Å². The van der Waals surface area contributed by atoms with Crippen molar-refractivity contribution in [3.05, 3.63) is 46.4 Å². The molecule has 0 saturated carbocycles. The van der Waals surface area contributed by atoms with Crippen molar-refractivity contribution in [2.75, 3.05) is 26.7 Å². The number of hydrogen-bond acceptors (Lipinski definition) is 5. The van der Waals surface area contributed by atoms with Crippen molar-refractivity contribution in [3.63, 3.8) is 0 Å². The summed E-state index contributed by atoms with van der Waals surface area (Å²) in [5, 5.41) is 2.12. The van der Waals surface area contributed by atoms with Crippen LogP contribution < -0.4 is 4.74 Å². The maximum Gasteiger partial charge on any atom is 0.227 e. The summed E-state index contributed by atoms with van der Waals surface area (Å²) in [6.07, 6.45) is 2.74. The number of nitrogens with zero attached hydrogens (tertiary/aromatic N) is 3. The first-order valence-electron chi connectivity index (χ1n) is 9.23. The molecule has 1 aromatic carbocycles. The van der Waals surface area contributed by atoms with E-state index in [1.54, 1.807) is 18.4 Å². The molecule has 3 aliphatic heterocycles. The molecule has 1 amide bonds. The summed E-state index contributed by atoms with van der Waals surface area (Å²) in [7, 11) is 1.66. The number of carbonyl (C=O) groups is 1. The predicted molar refractivity (Wildman–Crippen MR) is 102 cm³/mol. The van der Waals surface area contributed by atoms with Crippen LogP contribution in [0.3, 0.4) is 0 Å². The first kappa shape index (κ1) is 17.5. The minimum absolute atomic E-state index is 0.222. The molecule has 0 N–H and O–H groups in total. The number of ether oxygens (including phenoxy) is 1. The molecule has 4 heterocycles. The molecule has 0 unspecified atom stereocenters. The van der Waals surface area contributed by atoms with E-state index < -0.39 is 0 Å². The molecule has 26 heavy (non-hydrogen) atoms. The lowest BCUT2D eigenvalue weighted by Crippen LogP contribution is -2.48. The molecule has 0 spiro atoms. The van der Waals surface area contributed by atoms with Gasteiger partial charge in [0.25, 0.3) is 0 Å². The number of thiazole rings is 1. The average molecular weight is 372 g/mol. The smallest absolute Gasteiger partial charge is 0.227 e. The van der Waals surface area contributed by atoms with Gasteiger partial charge in [0, 0.05) is 43.2 Å². The van der Waals surface area contributed by atoms with Crippen molar-refractivity contribution < 1.29 is 9.53 Å². The minimum atomic E-state index is 0.222. The van der Waals surface area contributed by atoms with Crippen LogP contribution in [0, 0.1) is 5.92 Å². The van der Waals surface area contributed by atoms with E-state index in [0.717, 1.165) is 49.6 Å². The topological polar surface area (TPSA) is 45.7 Å². The van der Waals surface area contributed by atoms with Gasteiger partial charge in [-0.05, 0) is 24.8 Å². The Balaban J connectivity index is 1.45. The first-order valence-corrected chi connectivity index (χ1v) is 10.2. The van der Waals surface area contributed by atoms with Crippen molar-refractivity contribution in [2.45, 2.75) is 31.8 Å². The number of hydrogen-bond donors (Lipinski definition) is 0. The molecule has 2 atom stereocenters. The quantitative estimate of drug-likeness (QED) is 0.811. The molecular weight excluding hydrogens is 346 g/mol. The van der Waals surface area contributed by atoms with Crippen LogP contribution in [0.4, 0.5) is 0 Å². The molecule has 6 heteroatoms. The number of methoxy groups -OCH3 is 1. The Morgan fingerprint density at radius 1 is 1.27 bits per heavy atom. The standard InChI is InChI=1S/C20H25N3O2S/c1-25-19-5-3-2-4-16(19)8-20(24)23-10-15-6-7-18(23)12-22(9-15)11-17-13-26-14-21-17/h2-5,13-15,18H,6-12H2,1H3/t15-,18+/m1/s1. The summed E-state index contributed by atoms with van der Waals surface area (Å²) in [5.74, 6) is 1.58. The highest BCUT2D eigenvalue weighted by molar-refractivity contribution is 7.07. The van der Waals surface area contributed by atoms with E-state index in [1.807, 2.05) is 29.8 Å². The first-order chi connectivity index (χ1) is 12.7. The van der Waals surface area contributed by atoms with Gasteiger partial charge in [-0.3, -0.25) is 9.69 Å². The van der Waals surface area contributed by atoms with Gasteiger partial charge in [0.15, 0.2) is 0 Å². The Morgan fingerprint density at radius 2 is 2.15 bits per heavy atom. The predicted octanol–water partition coefficient (Wildman–Crippen LogP) is 2.82. The SMILES string of the molecule is COc1ccccc1CC(=O)N1C[C@@H]2CC[C@H]1CN(Cc1cscn1)C2. The van der Waals surface area contributed by atoms with Gasteiger partial charge in [-0.1, -0.05) is 18.2 Å². The van der Waals surface area contributed by atoms with E-state index >= 15 is 0 Å². The monoisotopic (exact) mass is 371 g/mol. The third kappa shape index (κ3) is 3.76. The highest BCUT2D eigenvalue weighted by atomic mass is 32.1. The fourth-order valence-corrected chi connectivity index (χ4v) is 4.82. The number of para-hydroxylation sites is 1. The van der Waals surface area contributed by atoms with E-state index in [2.05, 4.69) is 20.2 Å². The molecule has 2 aromatic rings. The van der Waals surface area contributed by atoms with Crippen LogP contribution in [0.15, 0.2) is 35.2 Å². The van der Waals surface area contributed by atoms with Gasteiger partial charge in [0.2, 0.25) is 5.91 Å². The average Bonchev–Trinajstić information content (AvgIpc) is 3.00. The van der Waals surface area contributed by atoms with Gasteiger partial charge in [-0.15, -0.1) is 11.3 Å². The molecule has 138 valence electrons. The third-order valence-corrected chi connectivity index (χ3v) is 6.15. The van der Waals surface area contributed by atoms with Gasteiger partial charge < -0.3 is 9.64 Å². The maximum atomic E-state index is 13.0. The molecule has 3 fully saturated rings. The lowest BCUT2D eigenvalue weighted by atomic mass is 9.94. The van der Waals surface area contributed by atoms with E-state index in [9.17, 15) is 4.79 Å². The molecule has 5 nitrogen and oxygen atoms in total. The number of benzene rings is 1. The van der Waals surface area contributed by atoms with Crippen LogP contribution >= 0.6 is 11.3 Å². The summed E-state index contributed by atoms with van der Waals surface area (Å²) in [5.41, 5.74) is 4.01. The van der Waals surface area contributed by atoms with Crippen LogP contribution in [-0.2, 0) is 17.8 Å². The summed E-state index contributed by atoms with van der Waals surface area (Å²) in [6, 6.07) is 8.13. The number of amides is 1. The molecular formula is C20H25N3O2S. The number of aromatic nitrogens is 1. The zero-order valence-corrected chi connectivity index (χ0v) is 16.0.